The molecule has 0 aliphatic carbocycles. The van der Waals surface area contributed by atoms with Gasteiger partial charge < -0.3 is 4.90 Å². The highest BCUT2D eigenvalue weighted by molar-refractivity contribution is 7.89. The molecule has 0 saturated heterocycles. The zero-order valence-electron chi connectivity index (χ0n) is 19.3. The zero-order chi connectivity index (χ0) is 25.9. The molecular formula is C25H20FN5O3S2. The maximum absolute atomic E-state index is 14.2. The summed E-state index contributed by atoms with van der Waals surface area (Å²) in [5.41, 5.74) is 2.87. The maximum Gasteiger partial charge on any atom is 0.284 e. The van der Waals surface area contributed by atoms with Gasteiger partial charge in [-0.2, -0.15) is 5.26 Å². The SMILES string of the molecule is Cc1sc(N(Cc2ccc(-c3ccccc3F)nc2)c2ccc(C#N)cc2)nc1C(=O)NS(C)(=O)=O. The Balaban J connectivity index is 1.69. The molecular weight excluding hydrogens is 501 g/mol. The number of nitriles is 1. The van der Waals surface area contributed by atoms with Crippen LogP contribution in [0.3, 0.4) is 0 Å². The number of thiazole rings is 1. The molecule has 0 aliphatic rings. The molecule has 4 rings (SSSR count). The smallest absolute Gasteiger partial charge is 0.284 e. The minimum absolute atomic E-state index is 0.00657. The van der Waals surface area contributed by atoms with Gasteiger partial charge in [-0.25, -0.2) is 22.5 Å². The molecule has 2 heterocycles. The van der Waals surface area contributed by atoms with Crippen molar-refractivity contribution in [2.24, 2.45) is 0 Å². The highest BCUT2D eigenvalue weighted by Crippen LogP contribution is 2.33. The molecule has 0 saturated carbocycles. The Hall–Kier alpha value is -4.14. The molecule has 1 N–H and O–H groups in total. The Morgan fingerprint density at radius 3 is 2.47 bits per heavy atom. The number of hydrogen-bond donors (Lipinski definition) is 1. The van der Waals surface area contributed by atoms with Gasteiger partial charge in [0.05, 0.1) is 30.1 Å². The van der Waals surface area contributed by atoms with E-state index in [1.165, 1.54) is 17.4 Å². The number of amides is 1. The highest BCUT2D eigenvalue weighted by Gasteiger charge is 2.22. The summed E-state index contributed by atoms with van der Waals surface area (Å²) in [6.07, 6.45) is 2.53. The van der Waals surface area contributed by atoms with E-state index < -0.39 is 15.9 Å². The van der Waals surface area contributed by atoms with Crippen LogP contribution >= 0.6 is 11.3 Å². The first-order chi connectivity index (χ1) is 17.1. The molecule has 11 heteroatoms. The number of rotatable bonds is 7. The van der Waals surface area contributed by atoms with E-state index >= 15 is 0 Å². The van der Waals surface area contributed by atoms with Crippen molar-refractivity contribution >= 4 is 38.1 Å². The number of nitrogens with one attached hydrogen (secondary N) is 1. The standard InChI is InChI=1S/C25H20FN5O3S2/c1-16-23(24(32)30-36(2,33)34)29-25(35-16)31(19-10-7-17(13-27)8-11-19)15-18-9-12-22(28-14-18)20-5-3-4-6-21(20)26/h3-12,14H,15H2,1-2H3,(H,30,32). The van der Waals surface area contributed by atoms with Crippen LogP contribution < -0.4 is 9.62 Å². The predicted molar refractivity (Wildman–Crippen MR) is 136 cm³/mol. The van der Waals surface area contributed by atoms with E-state index in [9.17, 15) is 17.6 Å². The van der Waals surface area contributed by atoms with Crippen molar-refractivity contribution in [2.45, 2.75) is 13.5 Å². The predicted octanol–water partition coefficient (Wildman–Crippen LogP) is 4.55. The lowest BCUT2D eigenvalue weighted by Crippen LogP contribution is -2.30. The van der Waals surface area contributed by atoms with Crippen LogP contribution in [0.15, 0.2) is 66.9 Å². The second kappa shape index (κ2) is 10.2. The minimum atomic E-state index is -3.75. The fraction of sp³-hybridized carbons (Fsp3) is 0.120. The Morgan fingerprint density at radius 2 is 1.86 bits per heavy atom. The highest BCUT2D eigenvalue weighted by atomic mass is 32.2. The molecule has 182 valence electrons. The molecule has 0 radical (unpaired) electrons. The summed E-state index contributed by atoms with van der Waals surface area (Å²) in [6, 6.07) is 18.9. The van der Waals surface area contributed by atoms with Crippen molar-refractivity contribution in [1.29, 1.82) is 5.26 Å². The van der Waals surface area contributed by atoms with Crippen LogP contribution in [0.2, 0.25) is 0 Å². The van der Waals surface area contributed by atoms with Gasteiger partial charge in [0.15, 0.2) is 5.13 Å². The lowest BCUT2D eigenvalue weighted by Gasteiger charge is -2.22. The van der Waals surface area contributed by atoms with Crippen molar-refractivity contribution in [3.05, 3.63) is 94.4 Å². The average Bonchev–Trinajstić information content (AvgIpc) is 3.24. The van der Waals surface area contributed by atoms with E-state index in [-0.39, 0.29) is 11.5 Å². The Morgan fingerprint density at radius 1 is 1.14 bits per heavy atom. The van der Waals surface area contributed by atoms with Crippen LogP contribution in [0.5, 0.6) is 0 Å². The van der Waals surface area contributed by atoms with E-state index in [1.54, 1.807) is 61.7 Å². The molecule has 36 heavy (non-hydrogen) atoms. The number of nitrogens with zero attached hydrogens (tertiary/aromatic N) is 4. The Bertz CT molecular complexity index is 1560. The number of carbonyl (C=O) groups excluding carboxylic acids is 1. The van der Waals surface area contributed by atoms with Gasteiger partial charge in [0.2, 0.25) is 10.0 Å². The number of aryl methyl sites for hydroxylation is 1. The number of anilines is 2. The van der Waals surface area contributed by atoms with Gasteiger partial charge in [-0.3, -0.25) is 9.78 Å². The molecule has 8 nitrogen and oxygen atoms in total. The number of halogens is 1. The van der Waals surface area contributed by atoms with Crippen molar-refractivity contribution in [1.82, 2.24) is 14.7 Å². The van der Waals surface area contributed by atoms with E-state index in [1.807, 2.05) is 15.7 Å². The number of sulfonamides is 1. The first kappa shape index (κ1) is 25.0. The lowest BCUT2D eigenvalue weighted by molar-refractivity contribution is 0.0977. The molecule has 2 aromatic heterocycles. The fourth-order valence-electron chi connectivity index (χ4n) is 3.44. The molecule has 0 unspecified atom stereocenters. The van der Waals surface area contributed by atoms with Gasteiger partial charge in [-0.1, -0.05) is 18.2 Å². The van der Waals surface area contributed by atoms with E-state index in [0.717, 1.165) is 11.8 Å². The molecule has 0 aliphatic heterocycles. The van der Waals surface area contributed by atoms with Gasteiger partial charge in [0.1, 0.15) is 11.5 Å². The summed E-state index contributed by atoms with van der Waals surface area (Å²) >= 11 is 1.23. The van der Waals surface area contributed by atoms with Crippen LogP contribution in [-0.4, -0.2) is 30.5 Å². The molecule has 0 spiro atoms. The third-order valence-electron chi connectivity index (χ3n) is 5.13. The summed E-state index contributed by atoms with van der Waals surface area (Å²) in [7, 11) is -3.75. The van der Waals surface area contributed by atoms with Crippen molar-refractivity contribution in [2.75, 3.05) is 11.2 Å². The lowest BCUT2D eigenvalue weighted by atomic mass is 10.1. The van der Waals surface area contributed by atoms with E-state index in [0.29, 0.717) is 39.1 Å². The third kappa shape index (κ3) is 5.73. The summed E-state index contributed by atoms with van der Waals surface area (Å²) in [4.78, 5) is 23.7. The Labute approximate surface area is 211 Å². The van der Waals surface area contributed by atoms with E-state index in [2.05, 4.69) is 16.0 Å². The zero-order valence-corrected chi connectivity index (χ0v) is 20.9. The van der Waals surface area contributed by atoms with Crippen LogP contribution in [0.1, 0.15) is 26.5 Å². The van der Waals surface area contributed by atoms with Gasteiger partial charge in [-0.05, 0) is 55.0 Å². The number of aromatic nitrogens is 2. The van der Waals surface area contributed by atoms with Crippen LogP contribution in [0.4, 0.5) is 15.2 Å². The average molecular weight is 522 g/mol. The topological polar surface area (TPSA) is 116 Å². The molecule has 0 atom stereocenters. The number of hydrogen-bond acceptors (Lipinski definition) is 8. The summed E-state index contributed by atoms with van der Waals surface area (Å²) in [5.74, 6) is -1.18. The maximum atomic E-state index is 14.2. The van der Waals surface area contributed by atoms with Crippen LogP contribution in [-0.2, 0) is 16.6 Å². The quantitative estimate of drug-likeness (QED) is 0.379. The minimum Gasteiger partial charge on any atom is -0.313 e. The van der Waals surface area contributed by atoms with Gasteiger partial charge in [-0.15, -0.1) is 11.3 Å². The van der Waals surface area contributed by atoms with E-state index in [4.69, 9.17) is 5.26 Å². The molecule has 4 aromatic rings. The fourth-order valence-corrected chi connectivity index (χ4v) is 4.80. The summed E-state index contributed by atoms with van der Waals surface area (Å²) in [5, 5.41) is 9.60. The van der Waals surface area contributed by atoms with Crippen molar-refractivity contribution in [3.8, 4) is 17.3 Å². The molecule has 1 amide bonds. The van der Waals surface area contributed by atoms with Crippen LogP contribution in [0, 0.1) is 24.1 Å². The second-order valence-corrected chi connectivity index (χ2v) is 10.8. The van der Waals surface area contributed by atoms with Crippen molar-refractivity contribution < 1.29 is 17.6 Å². The first-order valence-electron chi connectivity index (χ1n) is 10.6. The summed E-state index contributed by atoms with van der Waals surface area (Å²) in [6.45, 7) is 1.98. The van der Waals surface area contributed by atoms with Crippen LogP contribution in [0.25, 0.3) is 11.3 Å². The summed E-state index contributed by atoms with van der Waals surface area (Å²) < 4.78 is 39.1. The number of benzene rings is 2. The van der Waals surface area contributed by atoms with Gasteiger partial charge in [0.25, 0.3) is 5.91 Å². The van der Waals surface area contributed by atoms with Crippen molar-refractivity contribution in [3.63, 3.8) is 0 Å². The largest absolute Gasteiger partial charge is 0.313 e. The van der Waals surface area contributed by atoms with Gasteiger partial charge in [0, 0.05) is 22.3 Å². The number of pyridine rings is 1. The Kier molecular flexibility index (Phi) is 7.10. The number of carbonyl (C=O) groups is 1. The molecule has 0 bridgehead atoms. The molecule has 2 aromatic carbocycles. The normalized spacial score (nSPS) is 11.1. The van der Waals surface area contributed by atoms with Gasteiger partial charge >= 0.3 is 0 Å². The molecule has 0 fully saturated rings. The monoisotopic (exact) mass is 521 g/mol. The first-order valence-corrected chi connectivity index (χ1v) is 13.3. The third-order valence-corrected chi connectivity index (χ3v) is 6.68. The second-order valence-electron chi connectivity index (χ2n) is 7.88.